The van der Waals surface area contributed by atoms with Crippen molar-refractivity contribution in [3.05, 3.63) is 136 Å². The van der Waals surface area contributed by atoms with E-state index in [2.05, 4.69) is 9.69 Å². The molecule has 0 unspecified atom stereocenters. The number of fused-ring (bicyclic) bond motifs is 2. The summed E-state index contributed by atoms with van der Waals surface area (Å²) in [5.74, 6) is -29.1. The Bertz CT molecular complexity index is 2360. The van der Waals surface area contributed by atoms with Gasteiger partial charge < -0.3 is 0 Å². The van der Waals surface area contributed by atoms with Gasteiger partial charge in [0.15, 0.2) is 46.5 Å². The Kier molecular flexibility index (Phi) is 10.0. The summed E-state index contributed by atoms with van der Waals surface area (Å²) in [7, 11) is 0. The van der Waals surface area contributed by atoms with Crippen LogP contribution in [0.2, 0.25) is 0 Å². The van der Waals surface area contributed by atoms with E-state index < -0.39 is 182 Å². The summed E-state index contributed by atoms with van der Waals surface area (Å²) in [6.07, 6.45) is -2.96. The van der Waals surface area contributed by atoms with Crippen LogP contribution in [0, 0.1) is 94.0 Å². The van der Waals surface area contributed by atoms with Gasteiger partial charge in [-0.25, -0.2) is 43.9 Å². The van der Waals surface area contributed by atoms with Crippen molar-refractivity contribution in [2.45, 2.75) is 33.6 Å². The molecule has 54 heavy (non-hydrogen) atoms. The first-order valence-electron chi connectivity index (χ1n) is 13.6. The number of hydrogen-bond donors (Lipinski definition) is 0. The van der Waals surface area contributed by atoms with Crippen molar-refractivity contribution in [2.24, 2.45) is 0 Å². The zero-order valence-corrected chi connectivity index (χ0v) is 26.7. The minimum atomic E-state index is -5.64. The smallest absolute Gasteiger partial charge is 0.203 e. The molecule has 0 radical (unpaired) electrons. The number of halogens is 16. The Morgan fingerprint density at radius 1 is 0.519 bits per heavy atom. The van der Waals surface area contributed by atoms with E-state index in [1.54, 1.807) is 0 Å². The van der Waals surface area contributed by atoms with Gasteiger partial charge >= 0.3 is 16.8 Å². The van der Waals surface area contributed by atoms with Gasteiger partial charge in [-0.2, -0.15) is 46.6 Å². The highest BCUT2D eigenvalue weighted by Crippen LogP contribution is 2.49. The maximum absolute atomic E-state index is 15.4. The molecule has 276 valence electrons. The van der Waals surface area contributed by atoms with Crippen molar-refractivity contribution in [3.63, 3.8) is 0 Å². The van der Waals surface area contributed by atoms with E-state index in [1.165, 1.54) is 0 Å². The molecule has 0 heterocycles. The highest BCUT2D eigenvalue weighted by atomic mass is 32.2. The Morgan fingerprint density at radius 2 is 0.815 bits per heavy atom. The van der Waals surface area contributed by atoms with Gasteiger partial charge in [0, 0.05) is 32.2 Å². The summed E-state index contributed by atoms with van der Waals surface area (Å²) < 4.78 is 234. The third kappa shape index (κ3) is 6.19. The van der Waals surface area contributed by atoms with Crippen molar-refractivity contribution in [3.8, 4) is 12.1 Å². The monoisotopic (exact) mass is 812 g/mol. The summed E-state index contributed by atoms with van der Waals surface area (Å²) in [5, 5.41) is 16.3. The molecule has 5 rings (SSSR count). The fourth-order valence-electron chi connectivity index (χ4n) is 5.88. The molecule has 0 bridgehead atoms. The second kappa shape index (κ2) is 13.7. The lowest BCUT2D eigenvalue weighted by atomic mass is 9.94. The van der Waals surface area contributed by atoms with E-state index in [-0.39, 0.29) is 0 Å². The van der Waals surface area contributed by atoms with Crippen LogP contribution in [-0.4, -0.2) is 11.0 Å². The third-order valence-electron chi connectivity index (χ3n) is 7.78. The molecule has 2 aliphatic rings. The Labute approximate surface area is 297 Å². The summed E-state index contributed by atoms with van der Waals surface area (Å²) >= 11 is -2.72. The van der Waals surface area contributed by atoms with E-state index in [0.29, 0.717) is 0 Å². The maximum atomic E-state index is 15.4. The van der Waals surface area contributed by atoms with Crippen molar-refractivity contribution in [1.29, 1.82) is 10.5 Å². The van der Waals surface area contributed by atoms with Crippen molar-refractivity contribution in [1.82, 2.24) is 0 Å². The number of allylic oxidation sites excluding steroid dienone is 3. The molecule has 0 aliphatic heterocycles. The quantitative estimate of drug-likeness (QED) is 0.0659. The molecule has 4 nitrogen and oxygen atoms in total. The first-order valence-corrected chi connectivity index (χ1v) is 15.2. The molecular formula is C32H4F16N4S2. The summed E-state index contributed by atoms with van der Waals surface area (Å²) in [6, 6.07) is 2.28. The SMILES string of the molecule is [C-]#[N+]C([N+]#[C-])=C1Cc2c(SC(F)(F)F)c3c(c(SC(F)(F)F)c2=C1c1c(F)c(F)c(F)c(F)c1F)CC(=C(C#N)C#N)C=3c1c(F)c(F)c(F)c(F)c1F. The second-order valence-corrected chi connectivity index (χ2v) is 12.7. The van der Waals surface area contributed by atoms with Crippen LogP contribution in [-0.2, 0) is 12.8 Å². The largest absolute Gasteiger partial charge is 0.523 e. The summed E-state index contributed by atoms with van der Waals surface area (Å²) in [4.78, 5) is 2.33. The molecule has 0 N–H and O–H groups in total. The minimum Gasteiger partial charge on any atom is -0.203 e. The van der Waals surface area contributed by atoms with Gasteiger partial charge in [0.1, 0.15) is 30.9 Å². The number of rotatable bonds is 4. The average molecular weight is 813 g/mol. The standard InChI is InChI=1S/C32H4F16N4S2/c1-51-30(52-2)11-4-10-15(13(11)17-20(35)24(39)27(42)25(40)21(17)36)28(53-31(43,44)45)9-3-8(7(5-49)6-50)12(14(9)29(10)54-32(46,47)48)16-18(33)22(37)26(41)23(38)19(16)34/h3-4H2. The number of alkyl halides is 6. The van der Waals surface area contributed by atoms with Gasteiger partial charge in [-0.3, -0.25) is 0 Å². The van der Waals surface area contributed by atoms with Crippen LogP contribution in [0.3, 0.4) is 0 Å². The van der Waals surface area contributed by atoms with Gasteiger partial charge in [0.2, 0.25) is 11.6 Å². The van der Waals surface area contributed by atoms with Gasteiger partial charge in [0.05, 0.1) is 16.7 Å². The number of thioether (sulfide) groups is 2. The number of nitrogens with zero attached hydrogens (tertiary/aromatic N) is 4. The van der Waals surface area contributed by atoms with E-state index in [0.717, 1.165) is 12.1 Å². The first kappa shape index (κ1) is 39.6. The fourth-order valence-corrected chi connectivity index (χ4v) is 7.60. The molecule has 2 aliphatic carbocycles. The molecule has 0 fully saturated rings. The van der Waals surface area contributed by atoms with Gasteiger partial charge in [0.25, 0.3) is 0 Å². The molecule has 0 atom stereocenters. The molecule has 3 aromatic rings. The molecular weight excluding hydrogens is 808 g/mol. The molecule has 0 aromatic heterocycles. The van der Waals surface area contributed by atoms with E-state index in [9.17, 15) is 63.2 Å². The molecule has 3 aromatic carbocycles. The van der Waals surface area contributed by atoms with Gasteiger partial charge in [-0.1, -0.05) is 0 Å². The van der Waals surface area contributed by atoms with E-state index >= 15 is 17.6 Å². The zero-order valence-electron chi connectivity index (χ0n) is 25.1. The lowest BCUT2D eigenvalue weighted by Gasteiger charge is -2.18. The molecule has 0 spiro atoms. The lowest BCUT2D eigenvalue weighted by molar-refractivity contribution is -0.0339. The van der Waals surface area contributed by atoms with Crippen LogP contribution in [0.5, 0.6) is 0 Å². The predicted octanol–water partition coefficient (Wildman–Crippen LogP) is 9.21. The maximum Gasteiger partial charge on any atom is 0.523 e. The minimum absolute atomic E-state index is 1.14. The lowest BCUT2D eigenvalue weighted by Crippen LogP contribution is -2.27. The Balaban J connectivity index is 2.30. The highest BCUT2D eigenvalue weighted by molar-refractivity contribution is 8.00. The van der Waals surface area contributed by atoms with Crippen molar-refractivity contribution >= 4 is 34.7 Å². The fraction of sp³-hybridized carbons (Fsp3) is 0.125. The highest BCUT2D eigenvalue weighted by Gasteiger charge is 2.45. The Morgan fingerprint density at radius 3 is 1.11 bits per heavy atom. The zero-order chi connectivity index (χ0) is 40.5. The van der Waals surface area contributed by atoms with Crippen molar-refractivity contribution in [2.75, 3.05) is 0 Å². The topological polar surface area (TPSA) is 56.3 Å². The van der Waals surface area contributed by atoms with Crippen LogP contribution in [0.4, 0.5) is 70.2 Å². The van der Waals surface area contributed by atoms with Crippen LogP contribution in [0.1, 0.15) is 22.3 Å². The van der Waals surface area contributed by atoms with Crippen LogP contribution in [0.25, 0.3) is 20.8 Å². The number of hydrogen-bond acceptors (Lipinski definition) is 4. The Hall–Kier alpha value is -5.58. The first-order chi connectivity index (χ1) is 25.1. The van der Waals surface area contributed by atoms with Gasteiger partial charge in [-0.05, 0) is 52.2 Å². The second-order valence-electron chi connectivity index (χ2n) is 10.6. The third-order valence-corrected chi connectivity index (χ3v) is 9.55. The summed E-state index contributed by atoms with van der Waals surface area (Å²) in [6.45, 7) is 14.6. The molecule has 0 saturated heterocycles. The summed E-state index contributed by atoms with van der Waals surface area (Å²) in [5.41, 5.74) is -25.0. The molecule has 0 amide bonds. The normalized spacial score (nSPS) is 13.7. The van der Waals surface area contributed by atoms with Crippen LogP contribution < -0.4 is 10.4 Å². The number of benzene rings is 3. The molecule has 22 heteroatoms. The van der Waals surface area contributed by atoms with Crippen LogP contribution >= 0.6 is 23.5 Å². The van der Waals surface area contributed by atoms with E-state index in [1.807, 2.05) is 0 Å². The predicted molar refractivity (Wildman–Crippen MR) is 153 cm³/mol. The van der Waals surface area contributed by atoms with E-state index in [4.69, 9.17) is 13.1 Å². The van der Waals surface area contributed by atoms with Gasteiger partial charge in [-0.15, -0.1) is 0 Å². The van der Waals surface area contributed by atoms with Crippen LogP contribution in [0.15, 0.2) is 32.3 Å². The average Bonchev–Trinajstić information content (AvgIpc) is 3.67. The number of nitriles is 2. The molecule has 0 saturated carbocycles. The van der Waals surface area contributed by atoms with Crippen molar-refractivity contribution < 1.29 is 70.2 Å².